The second-order valence-corrected chi connectivity index (χ2v) is 4.90. The van der Waals surface area contributed by atoms with Gasteiger partial charge in [0.2, 0.25) is 0 Å². The van der Waals surface area contributed by atoms with Crippen molar-refractivity contribution in [3.63, 3.8) is 0 Å². The lowest BCUT2D eigenvalue weighted by molar-refractivity contribution is 0.0925. The smallest absolute Gasteiger partial charge is 0.273 e. The fourth-order valence-corrected chi connectivity index (χ4v) is 2.31. The quantitative estimate of drug-likeness (QED) is 0.893. The van der Waals surface area contributed by atoms with Crippen LogP contribution in [-0.4, -0.2) is 40.0 Å². The van der Waals surface area contributed by atoms with Crippen molar-refractivity contribution in [2.24, 2.45) is 0 Å². The molecule has 0 bridgehead atoms. The van der Waals surface area contributed by atoms with Gasteiger partial charge in [0.15, 0.2) is 5.69 Å². The maximum atomic E-state index is 12.1. The molecule has 112 valence electrons. The number of hydrogen-bond donors (Lipinski definition) is 2. The summed E-state index contributed by atoms with van der Waals surface area (Å²) >= 11 is 0. The van der Waals surface area contributed by atoms with Crippen molar-refractivity contribution in [2.75, 3.05) is 13.1 Å². The molecule has 1 aliphatic heterocycles. The van der Waals surface area contributed by atoms with Gasteiger partial charge in [0.25, 0.3) is 5.91 Å². The van der Waals surface area contributed by atoms with E-state index in [0.717, 1.165) is 31.6 Å². The predicted molar refractivity (Wildman–Crippen MR) is 82.0 cm³/mol. The summed E-state index contributed by atoms with van der Waals surface area (Å²) in [5.41, 5.74) is 1.23. The van der Waals surface area contributed by atoms with E-state index in [2.05, 4.69) is 20.9 Å². The Labute approximate surface area is 129 Å². The third-order valence-corrected chi connectivity index (χ3v) is 3.38. The summed E-state index contributed by atoms with van der Waals surface area (Å²) in [6.07, 6.45) is 3.74. The number of hydrogen-bond acceptors (Lipinski definition) is 4. The number of para-hydroxylation sites is 1. The van der Waals surface area contributed by atoms with E-state index in [1.165, 1.54) is 0 Å². The van der Waals surface area contributed by atoms with Crippen molar-refractivity contribution in [1.82, 2.24) is 25.6 Å². The Balaban J connectivity index is 0.00000161. The van der Waals surface area contributed by atoms with E-state index in [-0.39, 0.29) is 24.4 Å². The van der Waals surface area contributed by atoms with Gasteiger partial charge in [-0.1, -0.05) is 23.4 Å². The van der Waals surface area contributed by atoms with Crippen molar-refractivity contribution in [2.45, 2.75) is 18.9 Å². The molecular formula is C14H18ClN5O. The zero-order valence-corrected chi connectivity index (χ0v) is 12.3. The Morgan fingerprint density at radius 1 is 1.33 bits per heavy atom. The molecule has 1 aliphatic rings. The third kappa shape index (κ3) is 3.80. The number of rotatable bonds is 3. The number of benzene rings is 1. The molecule has 2 N–H and O–H groups in total. The van der Waals surface area contributed by atoms with Gasteiger partial charge in [-0.05, 0) is 31.5 Å². The highest BCUT2D eigenvalue weighted by Crippen LogP contribution is 2.07. The highest BCUT2D eigenvalue weighted by molar-refractivity contribution is 5.92. The number of nitrogens with zero attached hydrogens (tertiary/aromatic N) is 3. The van der Waals surface area contributed by atoms with Crippen LogP contribution in [0.5, 0.6) is 0 Å². The normalized spacial score (nSPS) is 17.8. The summed E-state index contributed by atoms with van der Waals surface area (Å²) in [6, 6.07) is 9.79. The number of aromatic nitrogens is 3. The Bertz CT molecular complexity index is 580. The van der Waals surface area contributed by atoms with Crippen LogP contribution in [0.2, 0.25) is 0 Å². The van der Waals surface area contributed by atoms with Crippen LogP contribution in [0.25, 0.3) is 5.69 Å². The van der Waals surface area contributed by atoms with Crippen LogP contribution in [0.3, 0.4) is 0 Å². The minimum Gasteiger partial charge on any atom is -0.347 e. The fraction of sp³-hybridized carbons (Fsp3) is 0.357. The molecule has 2 aromatic rings. The number of piperidine rings is 1. The second-order valence-electron chi connectivity index (χ2n) is 4.90. The minimum atomic E-state index is -0.166. The van der Waals surface area contributed by atoms with E-state index in [1.54, 1.807) is 10.9 Å². The average molecular weight is 308 g/mol. The van der Waals surface area contributed by atoms with Crippen LogP contribution in [-0.2, 0) is 0 Å². The molecule has 1 atom stereocenters. The van der Waals surface area contributed by atoms with Crippen LogP contribution < -0.4 is 10.6 Å². The number of carbonyl (C=O) groups excluding carboxylic acids is 1. The largest absolute Gasteiger partial charge is 0.347 e. The zero-order chi connectivity index (χ0) is 13.8. The van der Waals surface area contributed by atoms with Crippen LogP contribution in [0.1, 0.15) is 23.3 Å². The van der Waals surface area contributed by atoms with E-state index < -0.39 is 0 Å². The van der Waals surface area contributed by atoms with E-state index in [0.29, 0.717) is 5.69 Å². The first-order chi connectivity index (χ1) is 9.83. The van der Waals surface area contributed by atoms with Gasteiger partial charge in [-0.25, -0.2) is 4.68 Å². The summed E-state index contributed by atoms with van der Waals surface area (Å²) in [7, 11) is 0. The molecule has 2 heterocycles. The van der Waals surface area contributed by atoms with Crippen molar-refractivity contribution >= 4 is 18.3 Å². The molecule has 7 heteroatoms. The van der Waals surface area contributed by atoms with Gasteiger partial charge in [-0.2, -0.15) is 0 Å². The van der Waals surface area contributed by atoms with Crippen LogP contribution >= 0.6 is 12.4 Å². The lowest BCUT2D eigenvalue weighted by Crippen LogP contribution is -2.45. The molecule has 0 saturated carbocycles. The molecule has 1 aromatic heterocycles. The summed E-state index contributed by atoms with van der Waals surface area (Å²) in [5, 5.41) is 14.2. The molecule has 6 nitrogen and oxygen atoms in total. The van der Waals surface area contributed by atoms with Gasteiger partial charge >= 0.3 is 0 Å². The Hall–Kier alpha value is -1.92. The summed E-state index contributed by atoms with van der Waals surface area (Å²) in [4.78, 5) is 12.1. The standard InChI is InChI=1S/C14H17N5O.ClH/c20-14(16-11-5-4-8-15-9-11)13-10-19(18-17-13)12-6-2-1-3-7-12;/h1-3,6-7,10-11,15H,4-5,8-9H2,(H,16,20);1H. The topological polar surface area (TPSA) is 71.8 Å². The minimum absolute atomic E-state index is 0. The number of nitrogens with one attached hydrogen (secondary N) is 2. The number of carbonyl (C=O) groups is 1. The Morgan fingerprint density at radius 3 is 2.86 bits per heavy atom. The zero-order valence-electron chi connectivity index (χ0n) is 11.5. The first kappa shape index (κ1) is 15.5. The lowest BCUT2D eigenvalue weighted by Gasteiger charge is -2.23. The van der Waals surface area contributed by atoms with Crippen LogP contribution in [0.4, 0.5) is 0 Å². The van der Waals surface area contributed by atoms with Crippen molar-refractivity contribution in [1.29, 1.82) is 0 Å². The second kappa shape index (κ2) is 7.19. The van der Waals surface area contributed by atoms with Crippen molar-refractivity contribution in [3.8, 4) is 5.69 Å². The molecular weight excluding hydrogens is 290 g/mol. The summed E-state index contributed by atoms with van der Waals surface area (Å²) in [5.74, 6) is -0.166. The van der Waals surface area contributed by atoms with Crippen LogP contribution in [0, 0.1) is 0 Å². The number of halogens is 1. The van der Waals surface area contributed by atoms with Gasteiger partial charge < -0.3 is 10.6 Å². The van der Waals surface area contributed by atoms with E-state index in [9.17, 15) is 4.79 Å². The van der Waals surface area contributed by atoms with Crippen molar-refractivity contribution in [3.05, 3.63) is 42.2 Å². The summed E-state index contributed by atoms with van der Waals surface area (Å²) < 4.78 is 1.61. The SMILES string of the molecule is Cl.O=C(NC1CCCNC1)c1cn(-c2ccccc2)nn1. The Kier molecular flexibility index (Phi) is 5.30. The van der Waals surface area contributed by atoms with Gasteiger partial charge in [-0.3, -0.25) is 4.79 Å². The highest BCUT2D eigenvalue weighted by Gasteiger charge is 2.18. The average Bonchev–Trinajstić information content (AvgIpc) is 2.99. The molecule has 21 heavy (non-hydrogen) atoms. The molecule has 0 radical (unpaired) electrons. The molecule has 1 amide bonds. The molecule has 3 rings (SSSR count). The molecule has 1 aromatic carbocycles. The van der Waals surface area contributed by atoms with E-state index >= 15 is 0 Å². The lowest BCUT2D eigenvalue weighted by atomic mass is 10.1. The first-order valence-corrected chi connectivity index (χ1v) is 6.82. The molecule has 1 unspecified atom stereocenters. The maximum absolute atomic E-state index is 12.1. The first-order valence-electron chi connectivity index (χ1n) is 6.82. The highest BCUT2D eigenvalue weighted by atomic mass is 35.5. The Morgan fingerprint density at radius 2 is 2.14 bits per heavy atom. The van der Waals surface area contributed by atoms with Gasteiger partial charge in [0, 0.05) is 12.6 Å². The molecule has 0 spiro atoms. The third-order valence-electron chi connectivity index (χ3n) is 3.38. The monoisotopic (exact) mass is 307 g/mol. The van der Waals surface area contributed by atoms with Crippen molar-refractivity contribution < 1.29 is 4.79 Å². The van der Waals surface area contributed by atoms with Crippen LogP contribution in [0.15, 0.2) is 36.5 Å². The maximum Gasteiger partial charge on any atom is 0.273 e. The number of amides is 1. The predicted octanol–water partition coefficient (Wildman–Crippen LogP) is 1.17. The fourth-order valence-electron chi connectivity index (χ4n) is 2.31. The van der Waals surface area contributed by atoms with E-state index in [1.807, 2.05) is 30.3 Å². The molecule has 0 aliphatic carbocycles. The molecule has 1 fully saturated rings. The van der Waals surface area contributed by atoms with Gasteiger partial charge in [0.1, 0.15) is 0 Å². The van der Waals surface area contributed by atoms with Gasteiger partial charge in [0.05, 0.1) is 11.9 Å². The summed E-state index contributed by atoms with van der Waals surface area (Å²) in [6.45, 7) is 1.84. The molecule has 1 saturated heterocycles. The van der Waals surface area contributed by atoms with Gasteiger partial charge in [-0.15, -0.1) is 17.5 Å². The van der Waals surface area contributed by atoms with E-state index in [4.69, 9.17) is 0 Å².